The summed E-state index contributed by atoms with van der Waals surface area (Å²) in [5.74, 6) is -1.07. The Morgan fingerprint density at radius 2 is 1.74 bits per heavy atom. The summed E-state index contributed by atoms with van der Waals surface area (Å²) in [6, 6.07) is 15.0. The number of benzene rings is 2. The van der Waals surface area contributed by atoms with Gasteiger partial charge in [0.1, 0.15) is 10.7 Å². The van der Waals surface area contributed by atoms with Gasteiger partial charge in [-0.25, -0.2) is 12.8 Å². The van der Waals surface area contributed by atoms with E-state index in [4.69, 9.17) is 0 Å². The van der Waals surface area contributed by atoms with Crippen LogP contribution in [0.25, 0.3) is 0 Å². The molecule has 138 valence electrons. The zero-order valence-corrected chi connectivity index (χ0v) is 14.9. The maximum atomic E-state index is 13.7. The van der Waals surface area contributed by atoms with Gasteiger partial charge in [-0.15, -0.1) is 0 Å². The highest BCUT2D eigenvalue weighted by Crippen LogP contribution is 2.19. The molecule has 0 aliphatic rings. The quantitative estimate of drug-likeness (QED) is 0.683. The lowest BCUT2D eigenvalue weighted by Gasteiger charge is -2.12. The number of aromatic nitrogens is 1. The molecule has 0 fully saturated rings. The average molecular weight is 385 g/mol. The van der Waals surface area contributed by atoms with Crippen molar-refractivity contribution >= 4 is 21.6 Å². The van der Waals surface area contributed by atoms with Crippen molar-refractivity contribution in [2.75, 3.05) is 4.72 Å². The van der Waals surface area contributed by atoms with Crippen LogP contribution in [0.4, 0.5) is 10.1 Å². The maximum Gasteiger partial charge on any atom is 0.262 e. The van der Waals surface area contributed by atoms with Gasteiger partial charge >= 0.3 is 0 Å². The van der Waals surface area contributed by atoms with Crippen LogP contribution in [0.1, 0.15) is 15.9 Å². The fourth-order valence-corrected chi connectivity index (χ4v) is 3.68. The molecule has 0 radical (unpaired) electrons. The molecule has 3 aromatic rings. The minimum Gasteiger partial charge on any atom is -0.348 e. The molecule has 0 spiro atoms. The van der Waals surface area contributed by atoms with Crippen LogP contribution in [-0.4, -0.2) is 19.3 Å². The predicted octanol–water partition coefficient (Wildman–Crippen LogP) is 2.95. The Balaban J connectivity index is 1.83. The van der Waals surface area contributed by atoms with Gasteiger partial charge in [-0.2, -0.15) is 0 Å². The van der Waals surface area contributed by atoms with Gasteiger partial charge in [0.05, 0.1) is 17.4 Å². The summed E-state index contributed by atoms with van der Waals surface area (Å²) in [4.78, 5) is 16.2. The van der Waals surface area contributed by atoms with Gasteiger partial charge in [0, 0.05) is 18.3 Å². The third-order valence-electron chi connectivity index (χ3n) is 3.73. The summed E-state index contributed by atoms with van der Waals surface area (Å²) < 4.78 is 41.4. The standard InChI is InChI=1S/C19H16FN3O3S/c20-17-9-3-1-6-14(17)12-22-19(24)16-8-2-4-10-18(16)27(25,26)23-15-7-5-11-21-13-15/h1-11,13,23H,12H2,(H,22,24). The van der Waals surface area contributed by atoms with Crippen molar-refractivity contribution in [2.45, 2.75) is 11.4 Å². The van der Waals surface area contributed by atoms with Crippen LogP contribution in [-0.2, 0) is 16.6 Å². The van der Waals surface area contributed by atoms with Crippen LogP contribution < -0.4 is 10.0 Å². The van der Waals surface area contributed by atoms with Crippen LogP contribution in [0, 0.1) is 5.82 Å². The van der Waals surface area contributed by atoms with Crippen LogP contribution in [0.15, 0.2) is 78.0 Å². The summed E-state index contributed by atoms with van der Waals surface area (Å²) in [5.41, 5.74) is 0.545. The van der Waals surface area contributed by atoms with Crippen LogP contribution in [0.2, 0.25) is 0 Å². The van der Waals surface area contributed by atoms with Gasteiger partial charge in [-0.05, 0) is 30.3 Å². The van der Waals surface area contributed by atoms with E-state index in [0.29, 0.717) is 5.56 Å². The van der Waals surface area contributed by atoms with E-state index in [1.807, 2.05) is 0 Å². The zero-order chi connectivity index (χ0) is 19.3. The molecule has 8 heteroatoms. The number of nitrogens with zero attached hydrogens (tertiary/aromatic N) is 1. The molecule has 0 atom stereocenters. The number of hydrogen-bond acceptors (Lipinski definition) is 4. The minimum absolute atomic E-state index is 0.0368. The number of carbonyl (C=O) groups is 1. The Hall–Kier alpha value is -3.26. The van der Waals surface area contributed by atoms with E-state index in [2.05, 4.69) is 15.0 Å². The van der Waals surface area contributed by atoms with Crippen molar-refractivity contribution in [3.8, 4) is 0 Å². The average Bonchev–Trinajstić information content (AvgIpc) is 2.67. The molecule has 0 aliphatic carbocycles. The highest BCUT2D eigenvalue weighted by atomic mass is 32.2. The largest absolute Gasteiger partial charge is 0.348 e. The van der Waals surface area contributed by atoms with E-state index >= 15 is 0 Å². The third kappa shape index (κ3) is 4.48. The summed E-state index contributed by atoms with van der Waals surface area (Å²) in [5, 5.41) is 2.55. The monoisotopic (exact) mass is 385 g/mol. The molecule has 0 saturated carbocycles. The van der Waals surface area contributed by atoms with E-state index in [1.54, 1.807) is 36.4 Å². The van der Waals surface area contributed by atoms with E-state index in [1.165, 1.54) is 36.7 Å². The molecule has 0 saturated heterocycles. The summed E-state index contributed by atoms with van der Waals surface area (Å²) in [7, 11) is -4.01. The number of nitrogens with one attached hydrogen (secondary N) is 2. The Bertz CT molecular complexity index is 1060. The van der Waals surface area contributed by atoms with Crippen molar-refractivity contribution < 1.29 is 17.6 Å². The van der Waals surface area contributed by atoms with Crippen LogP contribution in [0.5, 0.6) is 0 Å². The molecule has 2 N–H and O–H groups in total. The van der Waals surface area contributed by atoms with Crippen molar-refractivity contribution in [1.29, 1.82) is 0 Å². The SMILES string of the molecule is O=C(NCc1ccccc1F)c1ccccc1S(=O)(=O)Nc1cccnc1. The lowest BCUT2D eigenvalue weighted by molar-refractivity contribution is 0.0947. The predicted molar refractivity (Wildman–Crippen MR) is 99.1 cm³/mol. The van der Waals surface area contributed by atoms with Gasteiger partial charge < -0.3 is 5.32 Å². The first kappa shape index (κ1) is 18.5. The molecule has 1 heterocycles. The highest BCUT2D eigenvalue weighted by Gasteiger charge is 2.22. The first-order valence-electron chi connectivity index (χ1n) is 8.01. The maximum absolute atomic E-state index is 13.7. The molecular weight excluding hydrogens is 369 g/mol. The third-order valence-corrected chi connectivity index (χ3v) is 5.17. The van der Waals surface area contributed by atoms with Gasteiger partial charge in [0.25, 0.3) is 15.9 Å². The molecule has 1 amide bonds. The molecule has 27 heavy (non-hydrogen) atoms. The van der Waals surface area contributed by atoms with Crippen molar-refractivity contribution in [2.24, 2.45) is 0 Å². The van der Waals surface area contributed by atoms with Crippen molar-refractivity contribution in [3.05, 3.63) is 90.0 Å². The fourth-order valence-electron chi connectivity index (χ4n) is 2.43. The first-order valence-corrected chi connectivity index (χ1v) is 9.49. The molecule has 2 aromatic carbocycles. The van der Waals surface area contributed by atoms with Crippen molar-refractivity contribution in [1.82, 2.24) is 10.3 Å². The highest BCUT2D eigenvalue weighted by molar-refractivity contribution is 7.92. The van der Waals surface area contributed by atoms with Gasteiger partial charge in [-0.3, -0.25) is 14.5 Å². The fraction of sp³-hybridized carbons (Fsp3) is 0.0526. The molecule has 3 rings (SSSR count). The number of carbonyl (C=O) groups excluding carboxylic acids is 1. The number of sulfonamides is 1. The molecule has 0 aliphatic heterocycles. The molecule has 1 aromatic heterocycles. The minimum atomic E-state index is -4.01. The number of rotatable bonds is 6. The van der Waals surface area contributed by atoms with E-state index in [-0.39, 0.29) is 22.7 Å². The second kappa shape index (κ2) is 7.96. The Labute approximate surface area is 156 Å². The van der Waals surface area contributed by atoms with Gasteiger partial charge in [0.2, 0.25) is 0 Å². The first-order chi connectivity index (χ1) is 13.0. The summed E-state index contributed by atoms with van der Waals surface area (Å²) in [6.07, 6.45) is 2.88. The molecule has 0 bridgehead atoms. The zero-order valence-electron chi connectivity index (χ0n) is 14.1. The molecule has 6 nitrogen and oxygen atoms in total. The Morgan fingerprint density at radius 3 is 2.48 bits per heavy atom. The topological polar surface area (TPSA) is 88.2 Å². The number of pyridine rings is 1. The summed E-state index contributed by atoms with van der Waals surface area (Å²) >= 11 is 0. The van der Waals surface area contributed by atoms with Crippen LogP contribution >= 0.6 is 0 Å². The number of hydrogen-bond donors (Lipinski definition) is 2. The molecule has 0 unspecified atom stereocenters. The van der Waals surface area contributed by atoms with Gasteiger partial charge in [0.15, 0.2) is 0 Å². The lowest BCUT2D eigenvalue weighted by atomic mass is 10.2. The van der Waals surface area contributed by atoms with E-state index < -0.39 is 21.7 Å². The van der Waals surface area contributed by atoms with E-state index in [9.17, 15) is 17.6 Å². The van der Waals surface area contributed by atoms with E-state index in [0.717, 1.165) is 0 Å². The number of halogens is 1. The van der Waals surface area contributed by atoms with Crippen LogP contribution in [0.3, 0.4) is 0 Å². The molecular formula is C19H16FN3O3S. The summed E-state index contributed by atoms with van der Waals surface area (Å²) in [6.45, 7) is -0.0596. The Morgan fingerprint density at radius 1 is 1.00 bits per heavy atom. The number of anilines is 1. The van der Waals surface area contributed by atoms with Gasteiger partial charge in [-0.1, -0.05) is 30.3 Å². The number of amides is 1. The normalized spacial score (nSPS) is 11.0. The lowest BCUT2D eigenvalue weighted by Crippen LogP contribution is -2.26. The second-order valence-corrected chi connectivity index (χ2v) is 7.27. The van der Waals surface area contributed by atoms with Crippen molar-refractivity contribution in [3.63, 3.8) is 0 Å². The Kier molecular flexibility index (Phi) is 5.46. The smallest absolute Gasteiger partial charge is 0.262 e. The second-order valence-electron chi connectivity index (χ2n) is 5.62.